The number of methoxy groups -OCH3 is 1. The Morgan fingerprint density at radius 2 is 2.00 bits per heavy atom. The first-order valence-corrected chi connectivity index (χ1v) is 6.76. The van der Waals surface area contributed by atoms with Crippen molar-refractivity contribution in [3.05, 3.63) is 34.7 Å². The molecule has 1 heterocycles. The second-order valence-electron chi connectivity index (χ2n) is 3.99. The molecule has 2 aromatic rings. The summed E-state index contributed by atoms with van der Waals surface area (Å²) in [5, 5.41) is 0.918. The van der Waals surface area contributed by atoms with Crippen molar-refractivity contribution in [2.75, 3.05) is 13.7 Å². The van der Waals surface area contributed by atoms with Crippen LogP contribution in [0.2, 0.25) is 0 Å². The zero-order valence-corrected chi connectivity index (χ0v) is 11.6. The highest BCUT2D eigenvalue weighted by Gasteiger charge is 2.13. The van der Waals surface area contributed by atoms with Crippen LogP contribution >= 0.6 is 11.3 Å². The van der Waals surface area contributed by atoms with Gasteiger partial charge in [0, 0.05) is 4.70 Å². The third-order valence-electron chi connectivity index (χ3n) is 2.58. The van der Waals surface area contributed by atoms with Crippen molar-refractivity contribution in [3.8, 4) is 0 Å². The van der Waals surface area contributed by atoms with Gasteiger partial charge in [0.1, 0.15) is 4.88 Å². The molecule has 0 unspecified atom stereocenters. The maximum atomic E-state index is 11.7. The molecule has 0 spiro atoms. The molecule has 0 N–H and O–H groups in total. The first-order valence-electron chi connectivity index (χ1n) is 5.94. The lowest BCUT2D eigenvalue weighted by atomic mass is 10.2. The molecule has 1 aromatic heterocycles. The molecule has 4 nitrogen and oxygen atoms in total. The molecule has 0 aliphatic carbocycles. The van der Waals surface area contributed by atoms with Crippen LogP contribution in [0.3, 0.4) is 0 Å². The predicted octanol–water partition coefficient (Wildman–Crippen LogP) is 3.25. The number of benzene rings is 1. The Hall–Kier alpha value is -1.88. The number of fused-ring (bicyclic) bond motifs is 1. The Balaban J connectivity index is 2.30. The second kappa shape index (κ2) is 5.84. The van der Waals surface area contributed by atoms with Gasteiger partial charge in [-0.25, -0.2) is 9.59 Å². The number of esters is 2. The maximum Gasteiger partial charge on any atom is 0.348 e. The first-order chi connectivity index (χ1) is 9.15. The topological polar surface area (TPSA) is 52.6 Å². The second-order valence-corrected chi connectivity index (χ2v) is 5.07. The lowest BCUT2D eigenvalue weighted by Gasteiger charge is -1.98. The van der Waals surface area contributed by atoms with E-state index in [2.05, 4.69) is 4.74 Å². The van der Waals surface area contributed by atoms with Crippen LogP contribution in [0.15, 0.2) is 24.3 Å². The van der Waals surface area contributed by atoms with Gasteiger partial charge in [0.25, 0.3) is 0 Å². The highest BCUT2D eigenvalue weighted by Crippen LogP contribution is 2.27. The van der Waals surface area contributed by atoms with Crippen LogP contribution in [-0.4, -0.2) is 25.7 Å². The summed E-state index contributed by atoms with van der Waals surface area (Å²) in [6, 6.07) is 6.98. The van der Waals surface area contributed by atoms with Crippen molar-refractivity contribution in [2.24, 2.45) is 0 Å². The number of thiophene rings is 1. The van der Waals surface area contributed by atoms with E-state index in [4.69, 9.17) is 4.74 Å². The average molecular weight is 278 g/mol. The Kier molecular flexibility index (Phi) is 4.16. The van der Waals surface area contributed by atoms with Crippen LogP contribution in [0, 0.1) is 0 Å². The van der Waals surface area contributed by atoms with E-state index >= 15 is 0 Å². The SMILES string of the molecule is CCCOC(=O)c1cc2ccc(C(=O)OC)cc2s1. The summed E-state index contributed by atoms with van der Waals surface area (Å²) in [5.41, 5.74) is 0.477. The van der Waals surface area contributed by atoms with Crippen LogP contribution in [-0.2, 0) is 9.47 Å². The molecule has 0 aliphatic rings. The van der Waals surface area contributed by atoms with E-state index in [0.717, 1.165) is 16.5 Å². The number of carbonyl (C=O) groups excluding carboxylic acids is 2. The van der Waals surface area contributed by atoms with Crippen LogP contribution in [0.25, 0.3) is 10.1 Å². The van der Waals surface area contributed by atoms with Crippen LogP contribution < -0.4 is 0 Å². The number of rotatable bonds is 4. The number of ether oxygens (including phenoxy) is 2. The third kappa shape index (κ3) is 2.93. The fraction of sp³-hybridized carbons (Fsp3) is 0.286. The minimum Gasteiger partial charge on any atom is -0.465 e. The van der Waals surface area contributed by atoms with E-state index < -0.39 is 0 Å². The lowest BCUT2D eigenvalue weighted by molar-refractivity contribution is 0.0510. The molecule has 0 saturated carbocycles. The predicted molar refractivity (Wildman–Crippen MR) is 73.7 cm³/mol. The molecule has 0 atom stereocenters. The van der Waals surface area contributed by atoms with Gasteiger partial charge in [-0.05, 0) is 30.0 Å². The molecule has 19 heavy (non-hydrogen) atoms. The fourth-order valence-electron chi connectivity index (χ4n) is 1.64. The summed E-state index contributed by atoms with van der Waals surface area (Å²) in [5.74, 6) is -0.701. The molecule has 0 radical (unpaired) electrons. The zero-order chi connectivity index (χ0) is 13.8. The summed E-state index contributed by atoms with van der Waals surface area (Å²) in [6.45, 7) is 2.36. The van der Waals surface area contributed by atoms with Crippen LogP contribution in [0.4, 0.5) is 0 Å². The summed E-state index contributed by atoms with van der Waals surface area (Å²) in [4.78, 5) is 23.7. The Morgan fingerprint density at radius 1 is 1.21 bits per heavy atom. The number of hydrogen-bond donors (Lipinski definition) is 0. The van der Waals surface area contributed by atoms with Gasteiger partial charge in [0.2, 0.25) is 0 Å². The largest absolute Gasteiger partial charge is 0.465 e. The molecule has 0 bridgehead atoms. The van der Waals surface area contributed by atoms with Gasteiger partial charge in [-0.15, -0.1) is 11.3 Å². The monoisotopic (exact) mass is 278 g/mol. The minimum absolute atomic E-state index is 0.317. The highest BCUT2D eigenvalue weighted by molar-refractivity contribution is 7.20. The van der Waals surface area contributed by atoms with Gasteiger partial charge in [-0.3, -0.25) is 0 Å². The van der Waals surface area contributed by atoms with Gasteiger partial charge in [0.15, 0.2) is 0 Å². The van der Waals surface area contributed by atoms with Crippen LogP contribution in [0.1, 0.15) is 33.4 Å². The molecular weight excluding hydrogens is 264 g/mol. The third-order valence-corrected chi connectivity index (χ3v) is 3.66. The van der Waals surface area contributed by atoms with Crippen molar-refractivity contribution in [3.63, 3.8) is 0 Å². The molecule has 1 aromatic carbocycles. The van der Waals surface area contributed by atoms with Crippen molar-refractivity contribution >= 4 is 33.4 Å². The van der Waals surface area contributed by atoms with E-state index in [-0.39, 0.29) is 11.9 Å². The molecule has 2 rings (SSSR count). The molecular formula is C14H14O4S. The first kappa shape index (κ1) is 13.5. The summed E-state index contributed by atoms with van der Waals surface area (Å²) in [6.07, 6.45) is 0.795. The quantitative estimate of drug-likeness (QED) is 0.805. The fourth-order valence-corrected chi connectivity index (χ4v) is 2.64. The zero-order valence-electron chi connectivity index (χ0n) is 10.8. The van der Waals surface area contributed by atoms with Gasteiger partial charge in [-0.2, -0.15) is 0 Å². The van der Waals surface area contributed by atoms with Crippen LogP contribution in [0.5, 0.6) is 0 Å². The van der Waals surface area contributed by atoms with E-state index in [1.807, 2.05) is 6.92 Å². The molecule has 0 fully saturated rings. The molecule has 0 saturated heterocycles. The average Bonchev–Trinajstić information content (AvgIpc) is 2.86. The summed E-state index contributed by atoms with van der Waals surface area (Å²) >= 11 is 1.32. The smallest absolute Gasteiger partial charge is 0.348 e. The molecule has 0 aliphatic heterocycles. The lowest BCUT2D eigenvalue weighted by Crippen LogP contribution is -2.03. The Morgan fingerprint density at radius 3 is 2.68 bits per heavy atom. The van der Waals surface area contributed by atoms with Gasteiger partial charge in [0.05, 0.1) is 19.3 Å². The van der Waals surface area contributed by atoms with Crippen molar-refractivity contribution in [2.45, 2.75) is 13.3 Å². The number of hydrogen-bond acceptors (Lipinski definition) is 5. The van der Waals surface area contributed by atoms with E-state index in [1.165, 1.54) is 18.4 Å². The summed E-state index contributed by atoms with van der Waals surface area (Å²) < 4.78 is 10.6. The normalized spacial score (nSPS) is 10.4. The van der Waals surface area contributed by atoms with Gasteiger partial charge in [-0.1, -0.05) is 13.0 Å². The van der Waals surface area contributed by atoms with Crippen molar-refractivity contribution in [1.82, 2.24) is 0 Å². The van der Waals surface area contributed by atoms with Gasteiger partial charge < -0.3 is 9.47 Å². The molecule has 100 valence electrons. The minimum atomic E-state index is -0.384. The summed E-state index contributed by atoms with van der Waals surface area (Å²) in [7, 11) is 1.34. The van der Waals surface area contributed by atoms with Crippen molar-refractivity contribution < 1.29 is 19.1 Å². The highest BCUT2D eigenvalue weighted by atomic mass is 32.1. The Labute approximate surface area is 114 Å². The van der Waals surface area contributed by atoms with Crippen molar-refractivity contribution in [1.29, 1.82) is 0 Å². The standard InChI is InChI=1S/C14H14O4S/c1-3-6-18-14(16)12-7-9-4-5-10(13(15)17-2)8-11(9)19-12/h4-5,7-8H,3,6H2,1-2H3. The maximum absolute atomic E-state index is 11.7. The molecule has 0 amide bonds. The van der Waals surface area contributed by atoms with E-state index in [0.29, 0.717) is 17.0 Å². The number of carbonyl (C=O) groups is 2. The van der Waals surface area contributed by atoms with Gasteiger partial charge >= 0.3 is 11.9 Å². The Bertz CT molecular complexity index is 615. The van der Waals surface area contributed by atoms with E-state index in [9.17, 15) is 9.59 Å². The van der Waals surface area contributed by atoms with E-state index in [1.54, 1.807) is 24.3 Å². The molecule has 5 heteroatoms.